The molecule has 0 spiro atoms. The van der Waals surface area contributed by atoms with Crippen molar-refractivity contribution in [3.8, 4) is 0 Å². The second-order valence-corrected chi connectivity index (χ2v) is 8.73. The molecule has 0 radical (unpaired) electrons. The maximum atomic E-state index is 12.9. The molecule has 2 aromatic carbocycles. The van der Waals surface area contributed by atoms with E-state index in [-0.39, 0.29) is 5.91 Å². The fourth-order valence-corrected chi connectivity index (χ4v) is 4.73. The molecule has 7 nitrogen and oxygen atoms in total. The summed E-state index contributed by atoms with van der Waals surface area (Å²) in [4.78, 5) is 15.1. The third kappa shape index (κ3) is 4.67. The second-order valence-electron chi connectivity index (χ2n) is 6.66. The van der Waals surface area contributed by atoms with Crippen molar-refractivity contribution in [2.45, 2.75) is 0 Å². The molecule has 1 amide bonds. The Bertz CT molecular complexity index is 953. The average Bonchev–Trinajstić information content (AvgIpc) is 3.14. The maximum Gasteiger partial charge on any atom is 0.257 e. The van der Waals surface area contributed by atoms with E-state index in [0.717, 1.165) is 18.8 Å². The summed E-state index contributed by atoms with van der Waals surface area (Å²) < 4.78 is 21.9. The highest BCUT2D eigenvalue weighted by molar-refractivity contribution is 7.84. The van der Waals surface area contributed by atoms with Crippen molar-refractivity contribution in [3.63, 3.8) is 0 Å². The molecule has 0 bridgehead atoms. The number of carbonyl (C=O) groups is 1. The van der Waals surface area contributed by atoms with E-state index in [9.17, 15) is 9.00 Å². The zero-order valence-corrected chi connectivity index (χ0v) is 17.8. The van der Waals surface area contributed by atoms with Gasteiger partial charge in [-0.1, -0.05) is 23.2 Å². The first kappa shape index (κ1) is 20.4. The summed E-state index contributed by atoms with van der Waals surface area (Å²) in [7, 11) is 0. The molecule has 10 heteroatoms. The predicted octanol–water partition coefficient (Wildman–Crippen LogP) is 3.07. The van der Waals surface area contributed by atoms with Gasteiger partial charge in [-0.3, -0.25) is 9.10 Å². The third-order valence-electron chi connectivity index (χ3n) is 4.74. The number of ether oxygens (including phenoxy) is 1. The van der Waals surface area contributed by atoms with Crippen LogP contribution in [-0.4, -0.2) is 49.5 Å². The number of morpholine rings is 1. The van der Waals surface area contributed by atoms with Crippen molar-refractivity contribution >= 4 is 57.3 Å². The van der Waals surface area contributed by atoms with Crippen LogP contribution in [0.3, 0.4) is 0 Å². The molecule has 0 aromatic heterocycles. The van der Waals surface area contributed by atoms with Crippen LogP contribution in [0.25, 0.3) is 0 Å². The predicted molar refractivity (Wildman–Crippen MR) is 117 cm³/mol. The Kier molecular flexibility index (Phi) is 6.26. The molecule has 2 aliphatic rings. The quantitative estimate of drug-likeness (QED) is 0.744. The van der Waals surface area contributed by atoms with Crippen LogP contribution in [0.1, 0.15) is 10.4 Å². The number of benzene rings is 2. The minimum absolute atomic E-state index is 0.306. The molecule has 2 heterocycles. The number of halogens is 2. The number of rotatable bonds is 4. The minimum Gasteiger partial charge on any atom is -0.378 e. The van der Waals surface area contributed by atoms with E-state index in [2.05, 4.69) is 14.9 Å². The molecule has 0 aliphatic carbocycles. The van der Waals surface area contributed by atoms with Crippen molar-refractivity contribution in [3.05, 3.63) is 52.0 Å². The Balaban J connectivity index is 1.56. The smallest absolute Gasteiger partial charge is 0.257 e. The van der Waals surface area contributed by atoms with Gasteiger partial charge in [0.25, 0.3) is 5.91 Å². The van der Waals surface area contributed by atoms with E-state index >= 15 is 0 Å². The van der Waals surface area contributed by atoms with Gasteiger partial charge in [-0.25, -0.2) is 8.93 Å². The molecular formula is C19H20Cl2N4O3S. The van der Waals surface area contributed by atoms with Crippen molar-refractivity contribution in [1.82, 2.24) is 4.72 Å². The van der Waals surface area contributed by atoms with Crippen LogP contribution < -0.4 is 19.2 Å². The number of nitrogens with one attached hydrogen (secondary N) is 2. The van der Waals surface area contributed by atoms with Crippen LogP contribution in [0, 0.1) is 0 Å². The number of hydrogen-bond acceptors (Lipinski definition) is 4. The highest BCUT2D eigenvalue weighted by Crippen LogP contribution is 2.29. The molecular weight excluding hydrogens is 435 g/mol. The van der Waals surface area contributed by atoms with Gasteiger partial charge < -0.3 is 15.0 Å². The Morgan fingerprint density at radius 1 is 1.07 bits per heavy atom. The van der Waals surface area contributed by atoms with E-state index in [0.29, 0.717) is 53.3 Å². The fourth-order valence-electron chi connectivity index (χ4n) is 3.31. The van der Waals surface area contributed by atoms with Crippen LogP contribution in [0.4, 0.5) is 17.1 Å². The molecule has 2 N–H and O–H groups in total. The summed E-state index contributed by atoms with van der Waals surface area (Å²) in [5, 5.41) is 3.72. The number of carbonyl (C=O) groups excluding carboxylic acids is 1. The zero-order chi connectivity index (χ0) is 20.4. The summed E-state index contributed by atoms with van der Waals surface area (Å²) in [5.41, 5.74) is 2.48. The topological polar surface area (TPSA) is 73.9 Å². The molecule has 1 atom stereocenters. The molecule has 0 saturated carbocycles. The molecule has 2 aliphatic heterocycles. The summed E-state index contributed by atoms with van der Waals surface area (Å²) in [6.07, 6.45) is 0. The van der Waals surface area contributed by atoms with Gasteiger partial charge >= 0.3 is 0 Å². The van der Waals surface area contributed by atoms with Gasteiger partial charge in [0.1, 0.15) is 0 Å². The lowest BCUT2D eigenvalue weighted by Gasteiger charge is -2.29. The fraction of sp³-hybridized carbons (Fsp3) is 0.316. The van der Waals surface area contributed by atoms with E-state index < -0.39 is 11.2 Å². The molecule has 154 valence electrons. The SMILES string of the molecule is O=C(Nc1cc(Cl)cc(N2CCOCC2)c1)c1cc(N2CCNS2=O)ccc1Cl. The van der Waals surface area contributed by atoms with E-state index in [1.807, 2.05) is 12.1 Å². The summed E-state index contributed by atoms with van der Waals surface area (Å²) >= 11 is 11.2. The molecule has 4 rings (SSSR count). The van der Waals surface area contributed by atoms with E-state index in [4.69, 9.17) is 27.9 Å². The largest absolute Gasteiger partial charge is 0.378 e. The molecule has 2 saturated heterocycles. The Hall–Kier alpha value is -1.84. The van der Waals surface area contributed by atoms with Gasteiger partial charge in [-0.2, -0.15) is 0 Å². The third-order valence-corrected chi connectivity index (χ3v) is 6.53. The Labute approximate surface area is 181 Å². The number of nitrogens with zero attached hydrogens (tertiary/aromatic N) is 2. The minimum atomic E-state index is -1.31. The highest BCUT2D eigenvalue weighted by Gasteiger charge is 2.22. The normalized spacial score (nSPS) is 19.4. The first-order chi connectivity index (χ1) is 14.0. The lowest BCUT2D eigenvalue weighted by atomic mass is 10.1. The number of hydrogen-bond donors (Lipinski definition) is 2. The zero-order valence-electron chi connectivity index (χ0n) is 15.5. The van der Waals surface area contributed by atoms with Crippen LogP contribution >= 0.6 is 23.2 Å². The highest BCUT2D eigenvalue weighted by atomic mass is 35.5. The Morgan fingerprint density at radius 3 is 2.59 bits per heavy atom. The first-order valence-corrected chi connectivity index (χ1v) is 11.0. The second kappa shape index (κ2) is 8.89. The molecule has 29 heavy (non-hydrogen) atoms. The van der Waals surface area contributed by atoms with Crippen LogP contribution in [-0.2, 0) is 15.9 Å². The monoisotopic (exact) mass is 454 g/mol. The summed E-state index contributed by atoms with van der Waals surface area (Å²) in [6, 6.07) is 10.5. The van der Waals surface area contributed by atoms with Gasteiger partial charge in [0.2, 0.25) is 0 Å². The van der Waals surface area contributed by atoms with Crippen molar-refractivity contribution in [1.29, 1.82) is 0 Å². The maximum absolute atomic E-state index is 12.9. The standard InChI is InChI=1S/C19H20Cl2N4O3S/c20-13-9-14(11-16(10-13)24-5-7-28-8-6-24)23-19(26)17-12-15(1-2-18(17)21)25-4-3-22-29(25)27/h1-2,9-12,22H,3-8H2,(H,23,26). The van der Waals surface area contributed by atoms with Gasteiger partial charge in [-0.05, 0) is 36.4 Å². The molecule has 2 aromatic rings. The van der Waals surface area contributed by atoms with Gasteiger partial charge in [-0.15, -0.1) is 0 Å². The number of anilines is 3. The number of amides is 1. The summed E-state index contributed by atoms with van der Waals surface area (Å²) in [6.45, 7) is 4.05. The van der Waals surface area contributed by atoms with Crippen LogP contribution in [0.15, 0.2) is 36.4 Å². The van der Waals surface area contributed by atoms with Crippen molar-refractivity contribution < 1.29 is 13.7 Å². The van der Waals surface area contributed by atoms with E-state index in [1.165, 1.54) is 0 Å². The Morgan fingerprint density at radius 2 is 1.86 bits per heavy atom. The average molecular weight is 455 g/mol. The van der Waals surface area contributed by atoms with E-state index in [1.54, 1.807) is 28.6 Å². The lowest BCUT2D eigenvalue weighted by molar-refractivity contribution is 0.102. The van der Waals surface area contributed by atoms with Gasteiger partial charge in [0.05, 0.1) is 29.5 Å². The van der Waals surface area contributed by atoms with Crippen LogP contribution in [0.5, 0.6) is 0 Å². The van der Waals surface area contributed by atoms with Gasteiger partial charge in [0, 0.05) is 42.6 Å². The van der Waals surface area contributed by atoms with Crippen molar-refractivity contribution in [2.75, 3.05) is 53.9 Å². The lowest BCUT2D eigenvalue weighted by Crippen LogP contribution is -2.36. The first-order valence-electron chi connectivity index (χ1n) is 9.18. The summed E-state index contributed by atoms with van der Waals surface area (Å²) in [5.74, 6) is -0.356. The molecule has 2 fully saturated rings. The van der Waals surface area contributed by atoms with Crippen LogP contribution in [0.2, 0.25) is 10.0 Å². The van der Waals surface area contributed by atoms with Gasteiger partial charge in [0.15, 0.2) is 11.2 Å². The molecule has 1 unspecified atom stereocenters. The van der Waals surface area contributed by atoms with Crippen molar-refractivity contribution in [2.24, 2.45) is 0 Å².